The SMILES string of the molecule is COCCO[Si](OCCCl)(OCCOC)OCCOC. The highest BCUT2D eigenvalue weighted by atomic mass is 35.5. The molecule has 0 bridgehead atoms. The summed E-state index contributed by atoms with van der Waals surface area (Å²) in [7, 11) is 1.51. The van der Waals surface area contributed by atoms with E-state index in [2.05, 4.69) is 0 Å². The van der Waals surface area contributed by atoms with Gasteiger partial charge in [0, 0.05) is 27.2 Å². The summed E-state index contributed by atoms with van der Waals surface area (Å²) in [5.41, 5.74) is 0. The summed E-state index contributed by atoms with van der Waals surface area (Å²) in [5.74, 6) is 0.323. The number of ether oxygens (including phenoxy) is 3. The minimum Gasteiger partial charge on any atom is -0.382 e. The minimum absolute atomic E-state index is 0.278. The zero-order chi connectivity index (χ0) is 15.1. The van der Waals surface area contributed by atoms with Crippen molar-refractivity contribution < 1.29 is 31.9 Å². The predicted octanol–water partition coefficient (Wildman–Crippen LogP) is 0.666. The van der Waals surface area contributed by atoms with E-state index in [1.54, 1.807) is 21.3 Å². The van der Waals surface area contributed by atoms with E-state index < -0.39 is 9.05 Å². The van der Waals surface area contributed by atoms with Crippen molar-refractivity contribution in [2.45, 2.75) is 0 Å². The normalized spacial score (nSPS) is 12.0. The molecule has 0 aromatic carbocycles. The van der Waals surface area contributed by atoms with Gasteiger partial charge in [0.25, 0.3) is 0 Å². The Kier molecular flexibility index (Phi) is 14.3. The second-order valence-corrected chi connectivity index (χ2v) is 6.09. The van der Waals surface area contributed by atoms with E-state index in [0.717, 1.165) is 0 Å². The molecule has 0 unspecified atom stereocenters. The molecule has 0 aliphatic heterocycles. The summed E-state index contributed by atoms with van der Waals surface area (Å²) in [4.78, 5) is 0. The van der Waals surface area contributed by atoms with E-state index in [1.807, 2.05) is 0 Å². The van der Waals surface area contributed by atoms with Crippen LogP contribution >= 0.6 is 11.6 Å². The first-order chi connectivity index (χ1) is 9.74. The second kappa shape index (κ2) is 14.2. The van der Waals surface area contributed by atoms with E-state index in [-0.39, 0.29) is 6.61 Å². The number of alkyl halides is 1. The van der Waals surface area contributed by atoms with Gasteiger partial charge in [-0.05, 0) is 0 Å². The second-order valence-electron chi connectivity index (χ2n) is 3.56. The van der Waals surface area contributed by atoms with Crippen LogP contribution in [0.2, 0.25) is 0 Å². The summed E-state index contributed by atoms with van der Waals surface area (Å²) in [6.45, 7) is 2.46. The van der Waals surface area contributed by atoms with Crippen LogP contribution in [-0.2, 0) is 31.9 Å². The van der Waals surface area contributed by atoms with Crippen LogP contribution in [-0.4, -0.2) is 82.5 Å². The molecule has 0 aromatic heterocycles. The molecule has 0 atom stereocenters. The number of hydrogen-bond donors (Lipinski definition) is 0. The first kappa shape index (κ1) is 20.2. The third kappa shape index (κ3) is 10.0. The maximum absolute atomic E-state index is 5.65. The van der Waals surface area contributed by atoms with Crippen LogP contribution in [0.1, 0.15) is 0 Å². The highest BCUT2D eigenvalue weighted by Gasteiger charge is 2.45. The monoisotopic (exact) mass is 332 g/mol. The van der Waals surface area contributed by atoms with Crippen molar-refractivity contribution >= 4 is 20.6 Å². The average Bonchev–Trinajstić information content (AvgIpc) is 2.46. The maximum atomic E-state index is 5.65. The van der Waals surface area contributed by atoms with Crippen molar-refractivity contribution in [1.82, 2.24) is 0 Å². The highest BCUT2D eigenvalue weighted by molar-refractivity contribution is 6.53. The van der Waals surface area contributed by atoms with Gasteiger partial charge in [0.1, 0.15) is 0 Å². The van der Waals surface area contributed by atoms with E-state index >= 15 is 0 Å². The molecule has 0 aliphatic carbocycles. The van der Waals surface area contributed by atoms with Crippen molar-refractivity contribution in [1.29, 1.82) is 0 Å². The molecular formula is C11H25ClO7Si. The van der Waals surface area contributed by atoms with Crippen molar-refractivity contribution in [3.05, 3.63) is 0 Å². The largest absolute Gasteiger partial charge is 0.680 e. The van der Waals surface area contributed by atoms with Gasteiger partial charge in [0.15, 0.2) is 0 Å². The van der Waals surface area contributed by atoms with Gasteiger partial charge in [-0.3, -0.25) is 0 Å². The van der Waals surface area contributed by atoms with Crippen LogP contribution in [0.15, 0.2) is 0 Å². The minimum atomic E-state index is -3.25. The van der Waals surface area contributed by atoms with Gasteiger partial charge >= 0.3 is 9.05 Å². The van der Waals surface area contributed by atoms with Crippen molar-refractivity contribution in [3.8, 4) is 0 Å². The maximum Gasteiger partial charge on any atom is 0.680 e. The Labute approximate surface area is 126 Å². The molecular weight excluding hydrogens is 308 g/mol. The topological polar surface area (TPSA) is 64.6 Å². The number of methoxy groups -OCH3 is 3. The zero-order valence-corrected chi connectivity index (χ0v) is 14.1. The van der Waals surface area contributed by atoms with E-state index in [0.29, 0.717) is 45.5 Å². The van der Waals surface area contributed by atoms with Crippen molar-refractivity contribution in [2.75, 3.05) is 73.5 Å². The summed E-state index contributed by atoms with van der Waals surface area (Å²) in [6.07, 6.45) is 0. The molecule has 0 saturated heterocycles. The predicted molar refractivity (Wildman–Crippen MR) is 75.9 cm³/mol. The first-order valence-electron chi connectivity index (χ1n) is 6.33. The Hall–Kier alpha value is 0.227. The lowest BCUT2D eigenvalue weighted by Gasteiger charge is -2.27. The third-order valence-electron chi connectivity index (χ3n) is 2.05. The molecule has 0 amide bonds. The quantitative estimate of drug-likeness (QED) is 0.248. The molecule has 20 heavy (non-hydrogen) atoms. The number of hydrogen-bond acceptors (Lipinski definition) is 7. The molecule has 9 heteroatoms. The van der Waals surface area contributed by atoms with Crippen LogP contribution in [0.25, 0.3) is 0 Å². The molecule has 0 aliphatic rings. The number of rotatable bonds is 15. The Morgan fingerprint density at radius 1 is 0.600 bits per heavy atom. The lowest BCUT2D eigenvalue weighted by Crippen LogP contribution is -2.51. The Balaban J connectivity index is 4.48. The fourth-order valence-electron chi connectivity index (χ4n) is 1.16. The van der Waals surface area contributed by atoms with Crippen molar-refractivity contribution in [3.63, 3.8) is 0 Å². The van der Waals surface area contributed by atoms with Gasteiger partial charge in [0.05, 0.1) is 46.2 Å². The number of halogens is 1. The van der Waals surface area contributed by atoms with Crippen LogP contribution in [0.3, 0.4) is 0 Å². The van der Waals surface area contributed by atoms with Crippen LogP contribution in [0.5, 0.6) is 0 Å². The molecule has 0 aromatic rings. The summed E-state index contributed by atoms with van der Waals surface area (Å²) in [5, 5.41) is 0. The van der Waals surface area contributed by atoms with Gasteiger partial charge in [-0.25, -0.2) is 0 Å². The lowest BCUT2D eigenvalue weighted by atomic mass is 10.8. The van der Waals surface area contributed by atoms with Crippen LogP contribution in [0.4, 0.5) is 0 Å². The highest BCUT2D eigenvalue weighted by Crippen LogP contribution is 2.12. The Bertz CT molecular complexity index is 185. The molecule has 0 heterocycles. The molecule has 0 rings (SSSR count). The van der Waals surface area contributed by atoms with Gasteiger partial charge in [-0.2, -0.15) is 0 Å². The van der Waals surface area contributed by atoms with Gasteiger partial charge in [0.2, 0.25) is 0 Å². The lowest BCUT2D eigenvalue weighted by molar-refractivity contribution is -0.0538. The van der Waals surface area contributed by atoms with Gasteiger partial charge in [-0.15, -0.1) is 11.6 Å². The Morgan fingerprint density at radius 3 is 1.25 bits per heavy atom. The van der Waals surface area contributed by atoms with Crippen LogP contribution < -0.4 is 0 Å². The van der Waals surface area contributed by atoms with Crippen LogP contribution in [0, 0.1) is 0 Å². The molecule has 0 radical (unpaired) electrons. The fourth-order valence-corrected chi connectivity index (χ4v) is 3.22. The molecule has 122 valence electrons. The smallest absolute Gasteiger partial charge is 0.382 e. The standard InChI is InChI=1S/C11H25ClO7Si/c1-13-6-9-17-20(16-5-4-12,18-10-7-14-2)19-11-8-15-3/h4-11H2,1-3H3. The summed E-state index contributed by atoms with van der Waals surface area (Å²) >= 11 is 5.65. The summed E-state index contributed by atoms with van der Waals surface area (Å²) in [6, 6.07) is 0. The van der Waals surface area contributed by atoms with E-state index in [1.165, 1.54) is 0 Å². The fraction of sp³-hybridized carbons (Fsp3) is 1.00. The third-order valence-corrected chi connectivity index (χ3v) is 4.44. The van der Waals surface area contributed by atoms with Crippen molar-refractivity contribution in [2.24, 2.45) is 0 Å². The van der Waals surface area contributed by atoms with E-state index in [4.69, 9.17) is 43.5 Å². The Morgan fingerprint density at radius 2 is 0.950 bits per heavy atom. The molecule has 0 saturated carbocycles. The average molecular weight is 333 g/mol. The molecule has 0 N–H and O–H groups in total. The van der Waals surface area contributed by atoms with Gasteiger partial charge < -0.3 is 31.9 Å². The van der Waals surface area contributed by atoms with Gasteiger partial charge in [-0.1, -0.05) is 0 Å². The summed E-state index contributed by atoms with van der Waals surface area (Å²) < 4.78 is 37.4. The zero-order valence-electron chi connectivity index (χ0n) is 12.4. The molecule has 7 nitrogen and oxygen atoms in total. The van der Waals surface area contributed by atoms with E-state index in [9.17, 15) is 0 Å². The molecule has 0 fully saturated rings. The first-order valence-corrected chi connectivity index (χ1v) is 8.50. The molecule has 0 spiro atoms.